The molecule has 25 heavy (non-hydrogen) atoms. The molecule has 2 atom stereocenters. The van der Waals surface area contributed by atoms with Crippen molar-refractivity contribution in [1.29, 1.82) is 0 Å². The van der Waals surface area contributed by atoms with Crippen LogP contribution in [-0.4, -0.2) is 41.2 Å². The average molecular weight is 420 g/mol. The Hall–Kier alpha value is -2.19. The lowest BCUT2D eigenvalue weighted by molar-refractivity contribution is -0.120. The highest BCUT2D eigenvalue weighted by atomic mass is 79.9. The Balaban J connectivity index is 1.62. The quantitative estimate of drug-likeness (QED) is 0.784. The first-order chi connectivity index (χ1) is 12.0. The van der Waals surface area contributed by atoms with Crippen molar-refractivity contribution in [1.82, 2.24) is 10.2 Å². The molecule has 1 saturated heterocycles. The summed E-state index contributed by atoms with van der Waals surface area (Å²) in [5.41, 5.74) is 0.950. The number of carbonyl (C=O) groups is 3. The highest BCUT2D eigenvalue weighted by Gasteiger charge is 2.45. The summed E-state index contributed by atoms with van der Waals surface area (Å²) in [4.78, 5) is 40.0. The number of halogens is 1. The van der Waals surface area contributed by atoms with Gasteiger partial charge in [0, 0.05) is 11.0 Å². The molecule has 0 unspecified atom stereocenters. The number of benzene rings is 1. The molecule has 0 saturated carbocycles. The van der Waals surface area contributed by atoms with Crippen LogP contribution in [0.5, 0.6) is 0 Å². The van der Waals surface area contributed by atoms with Crippen molar-refractivity contribution >= 4 is 50.7 Å². The van der Waals surface area contributed by atoms with Crippen LogP contribution in [0.1, 0.15) is 26.5 Å². The highest BCUT2D eigenvalue weighted by Crippen LogP contribution is 2.31. The summed E-state index contributed by atoms with van der Waals surface area (Å²) in [5.74, 6) is -0.692. The van der Waals surface area contributed by atoms with Gasteiger partial charge in [0.2, 0.25) is 5.91 Å². The molecular weight excluding hydrogens is 406 g/mol. The molecule has 8 heteroatoms. The summed E-state index contributed by atoms with van der Waals surface area (Å²) in [7, 11) is 0. The number of nitrogens with one attached hydrogen (secondary N) is 2. The van der Waals surface area contributed by atoms with Gasteiger partial charge in [0.15, 0.2) is 0 Å². The zero-order chi connectivity index (χ0) is 17.6. The number of amides is 3. The van der Waals surface area contributed by atoms with Gasteiger partial charge in [-0.3, -0.25) is 14.4 Å². The van der Waals surface area contributed by atoms with Crippen LogP contribution >= 0.6 is 27.3 Å². The average Bonchev–Trinajstić information content (AvgIpc) is 3.23. The minimum Gasteiger partial charge on any atom is -0.346 e. The molecule has 2 aliphatic heterocycles. The van der Waals surface area contributed by atoms with Crippen molar-refractivity contribution in [3.8, 4) is 0 Å². The van der Waals surface area contributed by atoms with Crippen molar-refractivity contribution in [2.45, 2.75) is 18.5 Å². The third kappa shape index (κ3) is 2.85. The summed E-state index contributed by atoms with van der Waals surface area (Å²) in [6.45, 7) is 0.429. The van der Waals surface area contributed by atoms with Gasteiger partial charge in [0.1, 0.15) is 6.04 Å². The minimum absolute atomic E-state index is 0.201. The lowest BCUT2D eigenvalue weighted by Crippen LogP contribution is -2.51. The normalized spacial score (nSPS) is 22.0. The van der Waals surface area contributed by atoms with Gasteiger partial charge >= 0.3 is 0 Å². The van der Waals surface area contributed by atoms with Gasteiger partial charge in [0.25, 0.3) is 11.8 Å². The Morgan fingerprint density at radius 2 is 2.16 bits per heavy atom. The molecule has 0 radical (unpaired) electrons. The molecule has 2 aliphatic rings. The molecule has 3 amide bonds. The van der Waals surface area contributed by atoms with E-state index < -0.39 is 12.1 Å². The third-order valence-corrected chi connectivity index (χ3v) is 5.82. The lowest BCUT2D eigenvalue weighted by atomic mass is 10.1. The number of carbonyl (C=O) groups excluding carboxylic acids is 3. The Kier molecular flexibility index (Phi) is 4.09. The van der Waals surface area contributed by atoms with Gasteiger partial charge in [-0.25, -0.2) is 0 Å². The maximum Gasteiger partial charge on any atom is 0.261 e. The van der Waals surface area contributed by atoms with Crippen molar-refractivity contribution in [2.24, 2.45) is 0 Å². The number of anilines is 1. The van der Waals surface area contributed by atoms with Crippen molar-refractivity contribution in [3.05, 3.63) is 50.6 Å². The molecule has 2 N–H and O–H groups in total. The summed E-state index contributed by atoms with van der Waals surface area (Å²) in [5, 5.41) is 7.55. The molecule has 6 nitrogen and oxygen atoms in total. The second kappa shape index (κ2) is 6.27. The van der Waals surface area contributed by atoms with Crippen LogP contribution < -0.4 is 10.6 Å². The summed E-state index contributed by atoms with van der Waals surface area (Å²) in [6, 6.07) is 7.61. The first kappa shape index (κ1) is 16.3. The smallest absolute Gasteiger partial charge is 0.261 e. The van der Waals surface area contributed by atoms with E-state index in [9.17, 15) is 14.4 Å². The predicted molar refractivity (Wildman–Crippen MR) is 97.8 cm³/mol. The number of rotatable bonds is 2. The Morgan fingerprint density at radius 1 is 1.32 bits per heavy atom. The summed E-state index contributed by atoms with van der Waals surface area (Å²) >= 11 is 4.70. The van der Waals surface area contributed by atoms with E-state index in [1.54, 1.807) is 35.2 Å². The van der Waals surface area contributed by atoms with E-state index >= 15 is 0 Å². The molecule has 3 heterocycles. The minimum atomic E-state index is -0.706. The fourth-order valence-electron chi connectivity index (χ4n) is 3.31. The van der Waals surface area contributed by atoms with Gasteiger partial charge in [0.05, 0.1) is 22.2 Å². The second-order valence-electron chi connectivity index (χ2n) is 5.97. The van der Waals surface area contributed by atoms with Crippen LogP contribution in [0.3, 0.4) is 0 Å². The number of hydrogen-bond acceptors (Lipinski definition) is 4. The monoisotopic (exact) mass is 419 g/mol. The molecule has 1 aromatic heterocycles. The standard InChI is InChI=1S/C17H14BrN3O3S/c18-9-3-4-11-10(8-9)17(24)21-6-5-12(14(21)16(23)19-11)20-15(22)13-2-1-7-25-13/h1-4,7-8,12,14H,5-6H2,(H,19,23)(H,20,22)/t12-,14+/m1/s1. The van der Waals surface area contributed by atoms with Crippen LogP contribution in [0, 0.1) is 0 Å². The van der Waals surface area contributed by atoms with Crippen molar-refractivity contribution < 1.29 is 14.4 Å². The molecular formula is C17H14BrN3O3S. The lowest BCUT2D eigenvalue weighted by Gasteiger charge is -2.24. The van der Waals surface area contributed by atoms with Crippen LogP contribution in [-0.2, 0) is 4.79 Å². The number of nitrogens with zero attached hydrogens (tertiary/aromatic N) is 1. The van der Waals surface area contributed by atoms with Gasteiger partial charge in [-0.15, -0.1) is 11.3 Å². The molecule has 128 valence electrons. The molecule has 1 fully saturated rings. The van der Waals surface area contributed by atoms with E-state index in [2.05, 4.69) is 26.6 Å². The van der Waals surface area contributed by atoms with E-state index in [0.717, 1.165) is 4.47 Å². The fourth-order valence-corrected chi connectivity index (χ4v) is 4.29. The Labute approximate surface area is 156 Å². The van der Waals surface area contributed by atoms with Gasteiger partial charge < -0.3 is 15.5 Å². The van der Waals surface area contributed by atoms with E-state index in [1.165, 1.54) is 11.3 Å². The van der Waals surface area contributed by atoms with Crippen LogP contribution in [0.2, 0.25) is 0 Å². The molecule has 0 aliphatic carbocycles. The molecule has 1 aromatic carbocycles. The predicted octanol–water partition coefficient (Wildman–Crippen LogP) is 2.48. The van der Waals surface area contributed by atoms with Crippen molar-refractivity contribution in [2.75, 3.05) is 11.9 Å². The van der Waals surface area contributed by atoms with E-state index in [-0.39, 0.29) is 17.7 Å². The topological polar surface area (TPSA) is 78.5 Å². The summed E-state index contributed by atoms with van der Waals surface area (Å²) < 4.78 is 0.772. The highest BCUT2D eigenvalue weighted by molar-refractivity contribution is 9.10. The van der Waals surface area contributed by atoms with Crippen LogP contribution in [0.4, 0.5) is 5.69 Å². The van der Waals surface area contributed by atoms with Gasteiger partial charge in [-0.1, -0.05) is 22.0 Å². The third-order valence-electron chi connectivity index (χ3n) is 4.46. The second-order valence-corrected chi connectivity index (χ2v) is 7.83. The Bertz CT molecular complexity index is 868. The van der Waals surface area contributed by atoms with Crippen LogP contribution in [0.25, 0.3) is 0 Å². The first-order valence-electron chi connectivity index (χ1n) is 7.80. The maximum absolute atomic E-state index is 12.9. The number of thiophene rings is 1. The molecule has 4 rings (SSSR count). The number of fused-ring (bicyclic) bond motifs is 2. The zero-order valence-corrected chi connectivity index (χ0v) is 15.4. The van der Waals surface area contributed by atoms with E-state index in [4.69, 9.17) is 0 Å². The molecule has 2 aromatic rings. The van der Waals surface area contributed by atoms with Gasteiger partial charge in [-0.05, 0) is 36.1 Å². The van der Waals surface area contributed by atoms with E-state index in [0.29, 0.717) is 29.1 Å². The number of hydrogen-bond donors (Lipinski definition) is 2. The first-order valence-corrected chi connectivity index (χ1v) is 9.47. The van der Waals surface area contributed by atoms with E-state index in [1.807, 2.05) is 5.38 Å². The maximum atomic E-state index is 12.9. The molecule has 0 bridgehead atoms. The zero-order valence-electron chi connectivity index (χ0n) is 13.0. The fraction of sp³-hybridized carbons (Fsp3) is 0.235. The SMILES string of the molecule is O=C(N[C@@H]1CCN2C(=O)c3cc(Br)ccc3NC(=O)[C@H]12)c1cccs1. The van der Waals surface area contributed by atoms with Gasteiger partial charge in [-0.2, -0.15) is 0 Å². The molecule has 0 spiro atoms. The summed E-state index contributed by atoms with van der Waals surface area (Å²) in [6.07, 6.45) is 0.546. The Morgan fingerprint density at radius 3 is 2.92 bits per heavy atom. The largest absolute Gasteiger partial charge is 0.346 e. The van der Waals surface area contributed by atoms with Crippen molar-refractivity contribution in [3.63, 3.8) is 0 Å². The van der Waals surface area contributed by atoms with Crippen LogP contribution in [0.15, 0.2) is 40.2 Å².